The first-order valence-electron chi connectivity index (χ1n) is 9.44. The van der Waals surface area contributed by atoms with Crippen molar-refractivity contribution in [3.05, 3.63) is 95.6 Å². The summed E-state index contributed by atoms with van der Waals surface area (Å²) in [5.74, 6) is 0. The summed E-state index contributed by atoms with van der Waals surface area (Å²) in [4.78, 5) is 20.0. The van der Waals surface area contributed by atoms with Crippen LogP contribution in [0.2, 0.25) is 0 Å². The van der Waals surface area contributed by atoms with E-state index in [1.165, 1.54) is 16.0 Å². The number of carbonyl (C=O) groups is 1. The molecule has 5 rings (SSSR count). The molecular weight excluding hydrogens is 366 g/mol. The summed E-state index contributed by atoms with van der Waals surface area (Å²) >= 11 is 0. The van der Waals surface area contributed by atoms with Gasteiger partial charge in [0.2, 0.25) is 0 Å². The highest BCUT2D eigenvalue weighted by atomic mass is 16.7. The molecule has 2 heterocycles. The molecule has 0 N–H and O–H groups in total. The normalized spacial score (nSPS) is 13.4. The van der Waals surface area contributed by atoms with Crippen LogP contribution in [-0.4, -0.2) is 31.3 Å². The van der Waals surface area contributed by atoms with Crippen LogP contribution < -0.4 is 4.84 Å². The highest BCUT2D eigenvalue weighted by Crippen LogP contribution is 2.25. The first kappa shape index (κ1) is 17.4. The Balaban J connectivity index is 1.42. The maximum atomic E-state index is 13.2. The van der Waals surface area contributed by atoms with E-state index in [0.29, 0.717) is 30.7 Å². The minimum Gasteiger partial charge on any atom is -0.296 e. The fraction of sp³-hybridized carbons (Fsp3) is 0.136. The third-order valence-electron chi connectivity index (χ3n) is 5.04. The second-order valence-electron chi connectivity index (χ2n) is 6.94. The van der Waals surface area contributed by atoms with Crippen LogP contribution in [0.25, 0.3) is 11.0 Å². The maximum absolute atomic E-state index is 13.2. The zero-order chi connectivity index (χ0) is 19.6. The van der Waals surface area contributed by atoms with E-state index < -0.39 is 6.09 Å². The molecule has 1 aliphatic heterocycles. The predicted molar refractivity (Wildman–Crippen MR) is 107 cm³/mol. The van der Waals surface area contributed by atoms with Crippen molar-refractivity contribution in [3.63, 3.8) is 0 Å². The third kappa shape index (κ3) is 3.43. The van der Waals surface area contributed by atoms with E-state index in [0.717, 1.165) is 5.56 Å². The molecule has 0 bridgehead atoms. The van der Waals surface area contributed by atoms with Crippen LogP contribution in [0.3, 0.4) is 0 Å². The molecule has 0 spiro atoms. The van der Waals surface area contributed by atoms with Gasteiger partial charge < -0.3 is 0 Å². The zero-order valence-corrected chi connectivity index (χ0v) is 15.7. The van der Waals surface area contributed by atoms with Crippen molar-refractivity contribution in [2.45, 2.75) is 19.6 Å². The van der Waals surface area contributed by atoms with Crippen molar-refractivity contribution in [2.75, 3.05) is 0 Å². The SMILES string of the molecule is O=C(On1nnc2ccccc21)N(Cc1ccccc1)N1Cc2ccccc2C1. The minimum absolute atomic E-state index is 0.403. The smallest absolute Gasteiger partial charge is 0.296 e. The number of nitrogens with zero attached hydrogens (tertiary/aromatic N) is 5. The monoisotopic (exact) mass is 385 g/mol. The molecule has 1 aliphatic rings. The Labute approximate surface area is 167 Å². The molecule has 4 aromatic rings. The Bertz CT molecular complexity index is 1130. The first-order valence-corrected chi connectivity index (χ1v) is 9.44. The van der Waals surface area contributed by atoms with E-state index in [-0.39, 0.29) is 0 Å². The number of benzene rings is 3. The van der Waals surface area contributed by atoms with Crippen molar-refractivity contribution >= 4 is 17.1 Å². The lowest BCUT2D eigenvalue weighted by Gasteiger charge is -2.30. The summed E-state index contributed by atoms with van der Waals surface area (Å²) in [6.45, 7) is 1.70. The molecule has 0 saturated heterocycles. The van der Waals surface area contributed by atoms with E-state index >= 15 is 0 Å². The van der Waals surface area contributed by atoms with Gasteiger partial charge in [-0.25, -0.2) is 14.8 Å². The van der Waals surface area contributed by atoms with E-state index in [2.05, 4.69) is 22.4 Å². The van der Waals surface area contributed by atoms with E-state index in [4.69, 9.17) is 4.84 Å². The Kier molecular flexibility index (Phi) is 4.42. The minimum atomic E-state index is -0.502. The Morgan fingerprint density at radius 1 is 0.897 bits per heavy atom. The van der Waals surface area contributed by atoms with Crippen molar-refractivity contribution in [3.8, 4) is 0 Å². The van der Waals surface area contributed by atoms with Gasteiger partial charge in [-0.3, -0.25) is 4.84 Å². The van der Waals surface area contributed by atoms with Gasteiger partial charge in [0.15, 0.2) is 0 Å². The second kappa shape index (κ2) is 7.37. The van der Waals surface area contributed by atoms with Crippen LogP contribution in [0, 0.1) is 0 Å². The van der Waals surface area contributed by atoms with Crippen molar-refractivity contribution in [1.29, 1.82) is 0 Å². The van der Waals surface area contributed by atoms with Gasteiger partial charge in [-0.1, -0.05) is 71.6 Å². The van der Waals surface area contributed by atoms with Gasteiger partial charge in [0.1, 0.15) is 11.0 Å². The van der Waals surface area contributed by atoms with Gasteiger partial charge in [0.25, 0.3) is 0 Å². The quantitative estimate of drug-likeness (QED) is 0.504. The Morgan fingerprint density at radius 3 is 2.31 bits per heavy atom. The zero-order valence-electron chi connectivity index (χ0n) is 15.7. The van der Waals surface area contributed by atoms with Crippen LogP contribution in [-0.2, 0) is 19.6 Å². The second-order valence-corrected chi connectivity index (χ2v) is 6.94. The number of amides is 1. The molecule has 0 aliphatic carbocycles. The molecule has 0 fully saturated rings. The van der Waals surface area contributed by atoms with Gasteiger partial charge in [-0.15, -0.1) is 5.10 Å². The lowest BCUT2D eigenvalue weighted by atomic mass is 10.1. The third-order valence-corrected chi connectivity index (χ3v) is 5.04. The summed E-state index contributed by atoms with van der Waals surface area (Å²) < 4.78 is 0. The first-order chi connectivity index (χ1) is 14.3. The number of hydrogen-bond donors (Lipinski definition) is 0. The molecule has 29 heavy (non-hydrogen) atoms. The van der Waals surface area contributed by atoms with Crippen molar-refractivity contribution in [1.82, 2.24) is 25.2 Å². The average Bonchev–Trinajstić information content (AvgIpc) is 3.37. The topological polar surface area (TPSA) is 63.5 Å². The van der Waals surface area contributed by atoms with Crippen LogP contribution in [0.15, 0.2) is 78.9 Å². The number of para-hydroxylation sites is 1. The molecule has 1 aromatic heterocycles. The van der Waals surface area contributed by atoms with Crippen LogP contribution >= 0.6 is 0 Å². The Hall–Kier alpha value is -3.71. The fourth-order valence-corrected chi connectivity index (χ4v) is 3.56. The number of aromatic nitrogens is 3. The Morgan fingerprint density at radius 2 is 1.55 bits per heavy atom. The summed E-state index contributed by atoms with van der Waals surface area (Å²) in [5.41, 5.74) is 4.76. The predicted octanol–water partition coefficient (Wildman–Crippen LogP) is 3.41. The molecule has 0 atom stereocenters. The van der Waals surface area contributed by atoms with E-state index in [9.17, 15) is 4.79 Å². The summed E-state index contributed by atoms with van der Waals surface area (Å²) in [6, 6.07) is 25.4. The summed E-state index contributed by atoms with van der Waals surface area (Å²) in [5, 5.41) is 11.6. The van der Waals surface area contributed by atoms with Gasteiger partial charge in [-0.05, 0) is 34.0 Å². The number of hydrogen-bond acceptors (Lipinski definition) is 5. The number of fused-ring (bicyclic) bond motifs is 2. The maximum Gasteiger partial charge on any atom is 0.451 e. The highest BCUT2D eigenvalue weighted by Gasteiger charge is 2.29. The molecule has 7 heteroatoms. The van der Waals surface area contributed by atoms with Gasteiger partial charge in [0, 0.05) is 13.1 Å². The molecule has 3 aromatic carbocycles. The average molecular weight is 385 g/mol. The number of rotatable bonds is 4. The highest BCUT2D eigenvalue weighted by molar-refractivity contribution is 5.75. The molecule has 0 unspecified atom stereocenters. The lowest BCUT2D eigenvalue weighted by molar-refractivity contribution is -0.0381. The van der Waals surface area contributed by atoms with Crippen LogP contribution in [0.5, 0.6) is 0 Å². The van der Waals surface area contributed by atoms with Crippen LogP contribution in [0.1, 0.15) is 16.7 Å². The summed E-state index contributed by atoms with van der Waals surface area (Å²) in [6.07, 6.45) is -0.502. The van der Waals surface area contributed by atoms with Gasteiger partial charge in [0.05, 0.1) is 6.54 Å². The number of carbonyl (C=O) groups excluding carboxylic acids is 1. The molecule has 0 radical (unpaired) electrons. The lowest BCUT2D eigenvalue weighted by Crippen LogP contribution is -2.46. The largest absolute Gasteiger partial charge is 0.451 e. The molecule has 1 amide bonds. The molecule has 7 nitrogen and oxygen atoms in total. The summed E-state index contributed by atoms with van der Waals surface area (Å²) in [7, 11) is 0. The standard InChI is InChI=1S/C22H19N5O2/c28-22(29-27-21-13-7-6-12-20(21)23-24-27)26(14-17-8-2-1-3-9-17)25-15-18-10-4-5-11-19(18)16-25/h1-13H,14-16H2. The van der Waals surface area contributed by atoms with Crippen molar-refractivity contribution < 1.29 is 9.63 Å². The van der Waals surface area contributed by atoms with Gasteiger partial charge in [-0.2, -0.15) is 0 Å². The van der Waals surface area contributed by atoms with E-state index in [1.54, 1.807) is 5.01 Å². The molecule has 144 valence electrons. The van der Waals surface area contributed by atoms with Crippen molar-refractivity contribution in [2.24, 2.45) is 0 Å². The van der Waals surface area contributed by atoms with Gasteiger partial charge >= 0.3 is 6.09 Å². The fourth-order valence-electron chi connectivity index (χ4n) is 3.56. The molecular formula is C22H19N5O2. The number of hydrazine groups is 1. The van der Waals surface area contributed by atoms with Crippen LogP contribution in [0.4, 0.5) is 4.79 Å². The molecule has 0 saturated carbocycles. The van der Waals surface area contributed by atoms with E-state index in [1.807, 2.05) is 71.7 Å².